The van der Waals surface area contributed by atoms with Crippen LogP contribution in [0.3, 0.4) is 0 Å². The number of aromatic hydroxyl groups is 1. The van der Waals surface area contributed by atoms with Crippen LogP contribution in [-0.2, 0) is 0 Å². The number of rotatable bonds is 1. The number of phenolic OH excluding ortho intramolecular Hbond substituents is 1. The van der Waals surface area contributed by atoms with Crippen LogP contribution in [-0.4, -0.2) is 10.1 Å². The summed E-state index contributed by atoms with van der Waals surface area (Å²) in [4.78, 5) is 3.85. The van der Waals surface area contributed by atoms with Crippen LogP contribution in [0.4, 0.5) is 4.39 Å². The van der Waals surface area contributed by atoms with Crippen LogP contribution in [0.15, 0.2) is 30.6 Å². The summed E-state index contributed by atoms with van der Waals surface area (Å²) in [5.74, 6) is -0.943. The molecular formula is C12H6ClFN2O. The molecule has 0 fully saturated rings. The lowest BCUT2D eigenvalue weighted by Gasteiger charge is -2.06. The number of nitrogens with zero attached hydrogens (tertiary/aromatic N) is 2. The van der Waals surface area contributed by atoms with E-state index in [1.54, 1.807) is 0 Å². The van der Waals surface area contributed by atoms with E-state index in [0.29, 0.717) is 16.7 Å². The minimum atomic E-state index is -0.697. The maximum atomic E-state index is 13.1. The largest absolute Gasteiger partial charge is 0.507 e. The van der Waals surface area contributed by atoms with E-state index in [1.807, 2.05) is 6.07 Å². The van der Waals surface area contributed by atoms with Gasteiger partial charge in [-0.2, -0.15) is 5.26 Å². The van der Waals surface area contributed by atoms with Crippen molar-refractivity contribution < 1.29 is 9.50 Å². The van der Waals surface area contributed by atoms with E-state index in [9.17, 15) is 9.50 Å². The zero-order chi connectivity index (χ0) is 12.4. The summed E-state index contributed by atoms with van der Waals surface area (Å²) in [7, 11) is 0. The molecule has 17 heavy (non-hydrogen) atoms. The average Bonchev–Trinajstić information content (AvgIpc) is 2.34. The SMILES string of the molecule is N#Cc1cncc(-c2cc(Cl)c(F)cc2O)c1. The van der Waals surface area contributed by atoms with Crippen molar-refractivity contribution in [3.63, 3.8) is 0 Å². The molecule has 0 atom stereocenters. The van der Waals surface area contributed by atoms with Crippen molar-refractivity contribution >= 4 is 11.6 Å². The number of benzene rings is 1. The smallest absolute Gasteiger partial charge is 0.145 e. The van der Waals surface area contributed by atoms with Gasteiger partial charge in [-0.1, -0.05) is 11.6 Å². The summed E-state index contributed by atoms with van der Waals surface area (Å²) < 4.78 is 13.1. The molecule has 0 aliphatic heterocycles. The number of halogens is 2. The van der Waals surface area contributed by atoms with E-state index in [1.165, 1.54) is 24.5 Å². The normalized spacial score (nSPS) is 9.94. The van der Waals surface area contributed by atoms with Gasteiger partial charge in [0.05, 0.1) is 10.6 Å². The van der Waals surface area contributed by atoms with Crippen molar-refractivity contribution in [1.82, 2.24) is 4.98 Å². The third kappa shape index (κ3) is 2.19. The van der Waals surface area contributed by atoms with Gasteiger partial charge in [0.25, 0.3) is 0 Å². The van der Waals surface area contributed by atoms with Gasteiger partial charge in [0.2, 0.25) is 0 Å². The van der Waals surface area contributed by atoms with Gasteiger partial charge in [0.1, 0.15) is 17.6 Å². The Hall–Kier alpha value is -2.12. The van der Waals surface area contributed by atoms with Gasteiger partial charge in [-0.25, -0.2) is 4.39 Å². The Morgan fingerprint density at radius 3 is 2.76 bits per heavy atom. The lowest BCUT2D eigenvalue weighted by molar-refractivity contribution is 0.471. The van der Waals surface area contributed by atoms with E-state index < -0.39 is 5.82 Å². The summed E-state index contributed by atoms with van der Waals surface area (Å²) >= 11 is 5.64. The summed E-state index contributed by atoms with van der Waals surface area (Å²) in [6, 6.07) is 5.69. The first-order valence-electron chi connectivity index (χ1n) is 4.65. The summed E-state index contributed by atoms with van der Waals surface area (Å²) in [5.41, 5.74) is 1.19. The second-order valence-corrected chi connectivity index (χ2v) is 3.76. The average molecular weight is 249 g/mol. The molecule has 0 bridgehead atoms. The number of nitriles is 1. The van der Waals surface area contributed by atoms with Crippen LogP contribution in [0.2, 0.25) is 5.02 Å². The molecule has 1 N–H and O–H groups in total. The first-order chi connectivity index (χ1) is 8.11. The fraction of sp³-hybridized carbons (Fsp3) is 0. The fourth-order valence-corrected chi connectivity index (χ4v) is 1.58. The van der Waals surface area contributed by atoms with Gasteiger partial charge < -0.3 is 5.11 Å². The molecule has 1 heterocycles. The van der Waals surface area contributed by atoms with Crippen molar-refractivity contribution in [2.45, 2.75) is 0 Å². The summed E-state index contributed by atoms with van der Waals surface area (Å²) in [5, 5.41) is 18.3. The van der Waals surface area contributed by atoms with Crippen molar-refractivity contribution in [2.75, 3.05) is 0 Å². The maximum absolute atomic E-state index is 13.1. The minimum absolute atomic E-state index is 0.0971. The molecular weight excluding hydrogens is 243 g/mol. The lowest BCUT2D eigenvalue weighted by atomic mass is 10.1. The van der Waals surface area contributed by atoms with Gasteiger partial charge in [-0.15, -0.1) is 0 Å². The van der Waals surface area contributed by atoms with E-state index in [2.05, 4.69) is 4.98 Å². The van der Waals surface area contributed by atoms with E-state index >= 15 is 0 Å². The third-order valence-electron chi connectivity index (χ3n) is 2.22. The highest BCUT2D eigenvalue weighted by molar-refractivity contribution is 6.31. The molecule has 84 valence electrons. The van der Waals surface area contributed by atoms with E-state index in [0.717, 1.165) is 6.07 Å². The van der Waals surface area contributed by atoms with Crippen molar-refractivity contribution in [2.24, 2.45) is 0 Å². The molecule has 1 aromatic carbocycles. The lowest BCUT2D eigenvalue weighted by Crippen LogP contribution is -1.86. The molecule has 0 radical (unpaired) electrons. The van der Waals surface area contributed by atoms with Crippen LogP contribution in [0.1, 0.15) is 5.56 Å². The Morgan fingerprint density at radius 2 is 2.06 bits per heavy atom. The first-order valence-corrected chi connectivity index (χ1v) is 5.03. The van der Waals surface area contributed by atoms with Gasteiger partial charge in [-0.3, -0.25) is 4.98 Å². The summed E-state index contributed by atoms with van der Waals surface area (Å²) in [6.45, 7) is 0. The highest BCUT2D eigenvalue weighted by Crippen LogP contribution is 2.33. The topological polar surface area (TPSA) is 56.9 Å². The molecule has 0 unspecified atom stereocenters. The monoisotopic (exact) mass is 248 g/mol. The van der Waals surface area contributed by atoms with Crippen molar-refractivity contribution in [3.05, 3.63) is 47.0 Å². The molecule has 0 aliphatic carbocycles. The van der Waals surface area contributed by atoms with Crippen LogP contribution in [0, 0.1) is 17.1 Å². The van der Waals surface area contributed by atoms with Crippen LogP contribution >= 0.6 is 11.6 Å². The highest BCUT2D eigenvalue weighted by atomic mass is 35.5. The number of hydrogen-bond acceptors (Lipinski definition) is 3. The Morgan fingerprint density at radius 1 is 1.29 bits per heavy atom. The third-order valence-corrected chi connectivity index (χ3v) is 2.51. The molecule has 0 aliphatic rings. The van der Waals surface area contributed by atoms with E-state index in [-0.39, 0.29) is 10.8 Å². The molecule has 0 spiro atoms. The van der Waals surface area contributed by atoms with Crippen LogP contribution in [0.5, 0.6) is 5.75 Å². The van der Waals surface area contributed by atoms with E-state index in [4.69, 9.17) is 16.9 Å². The number of aromatic nitrogens is 1. The second-order valence-electron chi connectivity index (χ2n) is 3.36. The Bertz CT molecular complexity index is 622. The number of pyridine rings is 1. The fourth-order valence-electron chi connectivity index (χ4n) is 1.42. The molecule has 3 nitrogen and oxygen atoms in total. The first kappa shape index (κ1) is 11.4. The maximum Gasteiger partial charge on any atom is 0.145 e. The Kier molecular flexibility index (Phi) is 2.94. The van der Waals surface area contributed by atoms with Gasteiger partial charge in [0, 0.05) is 29.6 Å². The summed E-state index contributed by atoms with van der Waals surface area (Å²) in [6.07, 6.45) is 2.86. The van der Waals surface area contributed by atoms with Gasteiger partial charge in [-0.05, 0) is 12.1 Å². The second kappa shape index (κ2) is 4.40. The molecule has 0 saturated carbocycles. The molecule has 5 heteroatoms. The Balaban J connectivity index is 2.61. The molecule has 2 aromatic rings. The predicted molar refractivity (Wildman–Crippen MR) is 61.0 cm³/mol. The van der Waals surface area contributed by atoms with Crippen LogP contribution < -0.4 is 0 Å². The molecule has 0 saturated heterocycles. The van der Waals surface area contributed by atoms with Crippen molar-refractivity contribution in [1.29, 1.82) is 5.26 Å². The highest BCUT2D eigenvalue weighted by Gasteiger charge is 2.10. The minimum Gasteiger partial charge on any atom is -0.507 e. The standard InChI is InChI=1S/C12H6ClFN2O/c13-10-2-9(12(17)3-11(10)14)8-1-7(4-15)5-16-6-8/h1-3,5-6,17H. The molecule has 2 rings (SSSR count). The Labute approximate surface area is 102 Å². The predicted octanol–water partition coefficient (Wildman–Crippen LogP) is 3.12. The van der Waals surface area contributed by atoms with Crippen molar-refractivity contribution in [3.8, 4) is 22.9 Å². The number of hydrogen-bond donors (Lipinski definition) is 1. The molecule has 0 amide bonds. The zero-order valence-electron chi connectivity index (χ0n) is 8.48. The quantitative estimate of drug-likeness (QED) is 0.844. The van der Waals surface area contributed by atoms with Gasteiger partial charge >= 0.3 is 0 Å². The number of phenols is 1. The van der Waals surface area contributed by atoms with Gasteiger partial charge in [0.15, 0.2) is 0 Å². The molecule has 1 aromatic heterocycles. The zero-order valence-corrected chi connectivity index (χ0v) is 9.24. The van der Waals surface area contributed by atoms with Crippen LogP contribution in [0.25, 0.3) is 11.1 Å².